The summed E-state index contributed by atoms with van der Waals surface area (Å²) in [5.74, 6) is -1.08. The van der Waals surface area contributed by atoms with Crippen molar-refractivity contribution in [1.29, 1.82) is 0 Å². The second-order valence-corrected chi connectivity index (χ2v) is 7.94. The molecule has 1 fully saturated rings. The molecule has 5 rings (SSSR count). The number of pyridine rings is 1. The number of hydrogen-bond acceptors (Lipinski definition) is 4. The highest BCUT2D eigenvalue weighted by atomic mass is 16.6. The molecule has 1 aromatic heterocycles. The Labute approximate surface area is 180 Å². The quantitative estimate of drug-likeness (QED) is 0.674. The van der Waals surface area contributed by atoms with Crippen LogP contribution in [-0.4, -0.2) is 39.7 Å². The molecule has 0 unspecified atom stereocenters. The molecule has 0 bridgehead atoms. The van der Waals surface area contributed by atoms with Gasteiger partial charge in [-0.05, 0) is 46.7 Å². The fourth-order valence-corrected chi connectivity index (χ4v) is 4.88. The second kappa shape index (κ2) is 7.87. The molecule has 6 nitrogen and oxygen atoms in total. The summed E-state index contributed by atoms with van der Waals surface area (Å²) in [6.45, 7) is 0.162. The van der Waals surface area contributed by atoms with Crippen LogP contribution in [0.15, 0.2) is 73.1 Å². The number of amides is 1. The summed E-state index contributed by atoms with van der Waals surface area (Å²) in [7, 11) is 0. The van der Waals surface area contributed by atoms with Gasteiger partial charge in [0.15, 0.2) is 0 Å². The summed E-state index contributed by atoms with van der Waals surface area (Å²) >= 11 is 0. The third-order valence-corrected chi connectivity index (χ3v) is 6.29. The molecule has 2 aromatic carbocycles. The van der Waals surface area contributed by atoms with Gasteiger partial charge in [-0.3, -0.25) is 9.88 Å². The van der Waals surface area contributed by atoms with Crippen LogP contribution in [0.2, 0.25) is 0 Å². The number of benzene rings is 2. The van der Waals surface area contributed by atoms with Gasteiger partial charge in [-0.15, -0.1) is 0 Å². The predicted octanol–water partition coefficient (Wildman–Crippen LogP) is 4.62. The first kappa shape index (κ1) is 19.3. The number of hydrogen-bond donors (Lipinski definition) is 1. The lowest BCUT2D eigenvalue weighted by molar-refractivity contribution is -0.142. The van der Waals surface area contributed by atoms with Gasteiger partial charge in [0.2, 0.25) is 0 Å². The van der Waals surface area contributed by atoms with E-state index in [-0.39, 0.29) is 18.6 Å². The molecule has 1 saturated heterocycles. The number of aromatic nitrogens is 1. The second-order valence-electron chi connectivity index (χ2n) is 7.94. The normalized spacial score (nSPS) is 19.7. The summed E-state index contributed by atoms with van der Waals surface area (Å²) in [5.41, 5.74) is 5.36. The standard InChI is InChI=1S/C25H22N2O4/c28-24(29)23-12-11-22(16-6-5-13-26-14-16)27(23)25(30)31-15-21-19-9-3-1-7-17(19)18-8-2-4-10-20(18)21/h1-10,13-14,21-23H,11-12,15H2,(H,28,29)/t22-,23+/m1/s1. The molecule has 2 heterocycles. The van der Waals surface area contributed by atoms with Crippen LogP contribution >= 0.6 is 0 Å². The van der Waals surface area contributed by atoms with E-state index in [4.69, 9.17) is 4.74 Å². The zero-order valence-electron chi connectivity index (χ0n) is 16.8. The zero-order valence-corrected chi connectivity index (χ0v) is 16.8. The zero-order chi connectivity index (χ0) is 21.4. The molecule has 0 saturated carbocycles. The molecular weight excluding hydrogens is 392 g/mol. The maximum atomic E-state index is 13.1. The first-order chi connectivity index (χ1) is 15.1. The minimum absolute atomic E-state index is 0.0703. The number of aliphatic carboxylic acids is 1. The average Bonchev–Trinajstić information content (AvgIpc) is 3.38. The molecule has 6 heteroatoms. The molecule has 31 heavy (non-hydrogen) atoms. The minimum atomic E-state index is -1.01. The average molecular weight is 414 g/mol. The van der Waals surface area contributed by atoms with E-state index in [0.717, 1.165) is 27.8 Å². The van der Waals surface area contributed by atoms with Crippen molar-refractivity contribution in [1.82, 2.24) is 9.88 Å². The summed E-state index contributed by atoms with van der Waals surface area (Å²) in [5, 5.41) is 9.67. The number of likely N-dealkylation sites (tertiary alicyclic amines) is 1. The van der Waals surface area contributed by atoms with Gasteiger partial charge in [-0.1, -0.05) is 54.6 Å². The third kappa shape index (κ3) is 3.34. The number of carbonyl (C=O) groups excluding carboxylic acids is 1. The van der Waals surface area contributed by atoms with Crippen molar-refractivity contribution < 1.29 is 19.4 Å². The Morgan fingerprint density at radius 3 is 2.26 bits per heavy atom. The van der Waals surface area contributed by atoms with E-state index < -0.39 is 18.1 Å². The molecule has 1 aliphatic heterocycles. The fourth-order valence-electron chi connectivity index (χ4n) is 4.88. The van der Waals surface area contributed by atoms with E-state index in [1.165, 1.54) is 4.90 Å². The number of nitrogens with zero attached hydrogens (tertiary/aromatic N) is 2. The van der Waals surface area contributed by atoms with Crippen molar-refractivity contribution in [3.8, 4) is 11.1 Å². The molecule has 1 N–H and O–H groups in total. The maximum absolute atomic E-state index is 13.1. The molecule has 3 aromatic rings. The number of carboxylic acid groups (broad SMARTS) is 1. The Bertz CT molecular complexity index is 1090. The molecular formula is C25H22N2O4. The Balaban J connectivity index is 1.40. The van der Waals surface area contributed by atoms with E-state index >= 15 is 0 Å². The van der Waals surface area contributed by atoms with Gasteiger partial charge in [0.05, 0.1) is 6.04 Å². The van der Waals surface area contributed by atoms with Crippen LogP contribution in [0.5, 0.6) is 0 Å². The molecule has 2 aliphatic rings. The van der Waals surface area contributed by atoms with Gasteiger partial charge < -0.3 is 9.84 Å². The number of ether oxygens (including phenoxy) is 1. The largest absolute Gasteiger partial charge is 0.480 e. The van der Waals surface area contributed by atoms with Crippen LogP contribution < -0.4 is 0 Å². The minimum Gasteiger partial charge on any atom is -0.480 e. The Morgan fingerprint density at radius 2 is 1.65 bits per heavy atom. The van der Waals surface area contributed by atoms with E-state index in [1.807, 2.05) is 30.3 Å². The van der Waals surface area contributed by atoms with Crippen LogP contribution in [0.1, 0.15) is 41.5 Å². The molecule has 1 amide bonds. The van der Waals surface area contributed by atoms with Crippen molar-refractivity contribution >= 4 is 12.1 Å². The highest BCUT2D eigenvalue weighted by Gasteiger charge is 2.43. The lowest BCUT2D eigenvalue weighted by Crippen LogP contribution is -2.42. The van der Waals surface area contributed by atoms with Gasteiger partial charge >= 0.3 is 12.1 Å². The topological polar surface area (TPSA) is 79.7 Å². The first-order valence-corrected chi connectivity index (χ1v) is 10.4. The fraction of sp³-hybridized carbons (Fsp3) is 0.240. The van der Waals surface area contributed by atoms with Crippen LogP contribution in [0.4, 0.5) is 4.79 Å². The summed E-state index contributed by atoms with van der Waals surface area (Å²) < 4.78 is 5.76. The Morgan fingerprint density at radius 1 is 0.968 bits per heavy atom. The summed E-state index contributed by atoms with van der Waals surface area (Å²) in [6, 6.07) is 18.7. The SMILES string of the molecule is O=C(O)[C@@H]1CC[C@H](c2cccnc2)N1C(=O)OCC1c2ccccc2-c2ccccc21. The van der Waals surface area contributed by atoms with Gasteiger partial charge in [-0.2, -0.15) is 0 Å². The van der Waals surface area contributed by atoms with Crippen molar-refractivity contribution in [3.05, 3.63) is 89.7 Å². The Kier molecular flexibility index (Phi) is 4.90. The van der Waals surface area contributed by atoms with Gasteiger partial charge in [0.25, 0.3) is 0 Å². The van der Waals surface area contributed by atoms with Gasteiger partial charge in [0, 0.05) is 18.3 Å². The molecule has 0 radical (unpaired) electrons. The number of carbonyl (C=O) groups is 2. The van der Waals surface area contributed by atoms with E-state index in [1.54, 1.807) is 18.5 Å². The monoisotopic (exact) mass is 414 g/mol. The number of carboxylic acids is 1. The smallest absolute Gasteiger partial charge is 0.411 e. The van der Waals surface area contributed by atoms with Crippen molar-refractivity contribution in [3.63, 3.8) is 0 Å². The predicted molar refractivity (Wildman–Crippen MR) is 115 cm³/mol. The lowest BCUT2D eigenvalue weighted by atomic mass is 9.98. The van der Waals surface area contributed by atoms with Crippen molar-refractivity contribution in [2.45, 2.75) is 30.8 Å². The van der Waals surface area contributed by atoms with Crippen molar-refractivity contribution in [2.24, 2.45) is 0 Å². The maximum Gasteiger partial charge on any atom is 0.411 e. The summed E-state index contributed by atoms with van der Waals surface area (Å²) in [6.07, 6.45) is 3.69. The van der Waals surface area contributed by atoms with Crippen molar-refractivity contribution in [2.75, 3.05) is 6.61 Å². The number of rotatable bonds is 4. The lowest BCUT2D eigenvalue weighted by Gasteiger charge is -2.28. The van der Waals surface area contributed by atoms with E-state index in [0.29, 0.717) is 12.8 Å². The molecule has 0 spiro atoms. The van der Waals surface area contributed by atoms with Crippen LogP contribution in [-0.2, 0) is 9.53 Å². The highest BCUT2D eigenvalue weighted by Crippen LogP contribution is 2.45. The molecule has 156 valence electrons. The van der Waals surface area contributed by atoms with Crippen LogP contribution in [0.3, 0.4) is 0 Å². The molecule has 1 aliphatic carbocycles. The van der Waals surface area contributed by atoms with Gasteiger partial charge in [0.1, 0.15) is 12.6 Å². The van der Waals surface area contributed by atoms with Crippen LogP contribution in [0.25, 0.3) is 11.1 Å². The van der Waals surface area contributed by atoms with E-state index in [2.05, 4.69) is 29.2 Å². The summed E-state index contributed by atoms with van der Waals surface area (Å²) in [4.78, 5) is 30.5. The number of fused-ring (bicyclic) bond motifs is 3. The van der Waals surface area contributed by atoms with E-state index in [9.17, 15) is 14.7 Å². The third-order valence-electron chi connectivity index (χ3n) is 6.29. The first-order valence-electron chi connectivity index (χ1n) is 10.4. The van der Waals surface area contributed by atoms with Gasteiger partial charge in [-0.25, -0.2) is 9.59 Å². The Hall–Kier alpha value is -3.67. The van der Waals surface area contributed by atoms with Crippen LogP contribution in [0, 0.1) is 0 Å². The molecule has 2 atom stereocenters. The highest BCUT2D eigenvalue weighted by molar-refractivity contribution is 5.82.